The van der Waals surface area contributed by atoms with Crippen LogP contribution in [0.1, 0.15) is 54.6 Å². The van der Waals surface area contributed by atoms with Crippen molar-refractivity contribution in [2.75, 3.05) is 16.0 Å². The van der Waals surface area contributed by atoms with Crippen LogP contribution < -0.4 is 16.0 Å². The van der Waals surface area contributed by atoms with Crippen molar-refractivity contribution in [2.45, 2.75) is 59.0 Å². The molecule has 3 rings (SSSR count). The summed E-state index contributed by atoms with van der Waals surface area (Å²) in [5, 5.41) is 3.01. The molecule has 1 heterocycles. The van der Waals surface area contributed by atoms with Gasteiger partial charge in [-0.1, -0.05) is 18.2 Å². The smallest absolute Gasteiger partial charge is 0.255 e. The Hall–Kier alpha value is -2.49. The highest BCUT2D eigenvalue weighted by Crippen LogP contribution is 2.36. The zero-order chi connectivity index (χ0) is 18.8. The molecule has 0 aromatic heterocycles. The Kier molecular flexibility index (Phi) is 5.21. The third-order valence-electron chi connectivity index (χ3n) is 5.48. The molecule has 0 aliphatic carbocycles. The van der Waals surface area contributed by atoms with Gasteiger partial charge in [0, 0.05) is 23.3 Å². The second-order valence-corrected chi connectivity index (χ2v) is 7.53. The quantitative estimate of drug-likeness (QED) is 0.773. The number of benzene rings is 2. The number of rotatable bonds is 3. The monoisotopic (exact) mass is 351 g/mol. The van der Waals surface area contributed by atoms with Crippen molar-refractivity contribution in [3.05, 3.63) is 53.1 Å². The molecule has 138 valence electrons. The number of carbonyl (C=O) groups excluding carboxylic acids is 1. The summed E-state index contributed by atoms with van der Waals surface area (Å²) in [6.07, 6.45) is 3.65. The third-order valence-corrected chi connectivity index (χ3v) is 5.48. The molecule has 1 saturated heterocycles. The SMILES string of the molecule is Cc1ccccc1C(=O)Nc1cc(N2[C@H](C)CCC[C@@H]2C)c(C)cc1N. The fourth-order valence-electron chi connectivity index (χ4n) is 4.02. The number of nitrogens with two attached hydrogens (primary N) is 1. The van der Waals surface area contributed by atoms with Gasteiger partial charge in [0.25, 0.3) is 5.91 Å². The molecule has 3 N–H and O–H groups in total. The van der Waals surface area contributed by atoms with Crippen LogP contribution >= 0.6 is 0 Å². The number of amides is 1. The van der Waals surface area contributed by atoms with Crippen molar-refractivity contribution in [3.63, 3.8) is 0 Å². The molecule has 2 atom stereocenters. The maximum absolute atomic E-state index is 12.7. The number of hydrogen-bond acceptors (Lipinski definition) is 3. The standard InChI is InChI=1S/C22H29N3O/c1-14-8-5-6-11-18(14)22(26)24-20-13-21(15(2)12-19(20)23)25-16(3)9-7-10-17(25)4/h5-6,8,11-13,16-17H,7,9-10,23H2,1-4H3,(H,24,26)/t16-,17+. The highest BCUT2D eigenvalue weighted by Gasteiger charge is 2.26. The minimum Gasteiger partial charge on any atom is -0.397 e. The maximum Gasteiger partial charge on any atom is 0.255 e. The van der Waals surface area contributed by atoms with E-state index >= 15 is 0 Å². The van der Waals surface area contributed by atoms with Gasteiger partial charge >= 0.3 is 0 Å². The Balaban J connectivity index is 1.93. The maximum atomic E-state index is 12.7. The van der Waals surface area contributed by atoms with Gasteiger partial charge in [0.1, 0.15) is 0 Å². The van der Waals surface area contributed by atoms with E-state index in [9.17, 15) is 4.79 Å². The van der Waals surface area contributed by atoms with Gasteiger partial charge in [-0.25, -0.2) is 0 Å². The lowest BCUT2D eigenvalue weighted by atomic mass is 9.95. The van der Waals surface area contributed by atoms with Crippen LogP contribution in [-0.4, -0.2) is 18.0 Å². The van der Waals surface area contributed by atoms with E-state index in [-0.39, 0.29) is 5.91 Å². The fraction of sp³-hybridized carbons (Fsp3) is 0.409. The van der Waals surface area contributed by atoms with E-state index in [1.165, 1.54) is 24.9 Å². The lowest BCUT2D eigenvalue weighted by molar-refractivity contribution is 0.102. The van der Waals surface area contributed by atoms with E-state index in [4.69, 9.17) is 5.73 Å². The number of piperidine rings is 1. The molecule has 26 heavy (non-hydrogen) atoms. The molecule has 2 aromatic carbocycles. The average molecular weight is 351 g/mol. The summed E-state index contributed by atoms with van der Waals surface area (Å²) in [4.78, 5) is 15.2. The van der Waals surface area contributed by atoms with E-state index in [0.29, 0.717) is 29.0 Å². The number of anilines is 3. The molecule has 0 saturated carbocycles. The van der Waals surface area contributed by atoms with Gasteiger partial charge in [-0.15, -0.1) is 0 Å². The molecule has 4 heteroatoms. The first-order valence-electron chi connectivity index (χ1n) is 9.44. The molecule has 0 spiro atoms. The van der Waals surface area contributed by atoms with Crippen LogP contribution in [0.15, 0.2) is 36.4 Å². The van der Waals surface area contributed by atoms with E-state index in [2.05, 4.69) is 31.0 Å². The van der Waals surface area contributed by atoms with Crippen molar-refractivity contribution >= 4 is 23.0 Å². The van der Waals surface area contributed by atoms with Crippen molar-refractivity contribution < 1.29 is 4.79 Å². The molecule has 0 radical (unpaired) electrons. The van der Waals surface area contributed by atoms with Gasteiger partial charge in [-0.05, 0) is 76.3 Å². The first-order valence-corrected chi connectivity index (χ1v) is 9.44. The second kappa shape index (κ2) is 7.40. The minimum atomic E-state index is -0.121. The molecule has 0 unspecified atom stereocenters. The highest BCUT2D eigenvalue weighted by atomic mass is 16.1. The van der Waals surface area contributed by atoms with Crippen LogP contribution in [0.3, 0.4) is 0 Å². The first-order chi connectivity index (χ1) is 12.4. The fourth-order valence-corrected chi connectivity index (χ4v) is 4.02. The Labute approximate surface area is 156 Å². The average Bonchev–Trinajstić information content (AvgIpc) is 2.58. The predicted octanol–water partition coefficient (Wildman–Crippen LogP) is 4.91. The summed E-state index contributed by atoms with van der Waals surface area (Å²) in [7, 11) is 0. The summed E-state index contributed by atoms with van der Waals surface area (Å²) in [6.45, 7) is 8.58. The Bertz CT molecular complexity index is 805. The largest absolute Gasteiger partial charge is 0.397 e. The van der Waals surface area contributed by atoms with Crippen molar-refractivity contribution in [2.24, 2.45) is 0 Å². The van der Waals surface area contributed by atoms with E-state index < -0.39 is 0 Å². The van der Waals surface area contributed by atoms with Crippen LogP contribution in [0.25, 0.3) is 0 Å². The second-order valence-electron chi connectivity index (χ2n) is 7.53. The van der Waals surface area contributed by atoms with E-state index in [1.807, 2.05) is 43.3 Å². The van der Waals surface area contributed by atoms with Crippen molar-refractivity contribution in [1.82, 2.24) is 0 Å². The number of hydrogen-bond donors (Lipinski definition) is 2. The number of nitrogens with zero attached hydrogens (tertiary/aromatic N) is 1. The van der Waals surface area contributed by atoms with E-state index in [1.54, 1.807) is 0 Å². The zero-order valence-corrected chi connectivity index (χ0v) is 16.2. The zero-order valence-electron chi connectivity index (χ0n) is 16.2. The molecule has 1 aliphatic rings. The summed E-state index contributed by atoms with van der Waals surface area (Å²) in [6, 6.07) is 12.6. The molecule has 0 bridgehead atoms. The lowest BCUT2D eigenvalue weighted by Crippen LogP contribution is -2.44. The molecular formula is C22H29N3O. The van der Waals surface area contributed by atoms with Crippen LogP contribution in [0.2, 0.25) is 0 Å². The summed E-state index contributed by atoms with van der Waals surface area (Å²) in [5.41, 5.74) is 11.5. The Morgan fingerprint density at radius 1 is 1.08 bits per heavy atom. The normalized spacial score (nSPS) is 20.1. The van der Waals surface area contributed by atoms with Gasteiger partial charge < -0.3 is 16.0 Å². The summed E-state index contributed by atoms with van der Waals surface area (Å²) in [5.74, 6) is -0.121. The van der Waals surface area contributed by atoms with Gasteiger partial charge in [0.2, 0.25) is 0 Å². The van der Waals surface area contributed by atoms with Crippen LogP contribution in [0.5, 0.6) is 0 Å². The van der Waals surface area contributed by atoms with Crippen molar-refractivity contribution in [3.8, 4) is 0 Å². The Morgan fingerprint density at radius 2 is 1.73 bits per heavy atom. The molecule has 4 nitrogen and oxygen atoms in total. The Morgan fingerprint density at radius 3 is 2.38 bits per heavy atom. The number of nitrogens with one attached hydrogen (secondary N) is 1. The molecule has 1 fully saturated rings. The highest BCUT2D eigenvalue weighted by molar-refractivity contribution is 6.07. The third kappa shape index (κ3) is 3.55. The number of aryl methyl sites for hydroxylation is 2. The van der Waals surface area contributed by atoms with Gasteiger partial charge in [-0.3, -0.25) is 4.79 Å². The van der Waals surface area contributed by atoms with Crippen molar-refractivity contribution in [1.29, 1.82) is 0 Å². The van der Waals surface area contributed by atoms with Crippen LogP contribution in [0.4, 0.5) is 17.1 Å². The number of nitrogen functional groups attached to an aromatic ring is 1. The van der Waals surface area contributed by atoms with Gasteiger partial charge in [0.15, 0.2) is 0 Å². The molecule has 1 amide bonds. The first kappa shape index (κ1) is 18.3. The minimum absolute atomic E-state index is 0.121. The molecular weight excluding hydrogens is 322 g/mol. The summed E-state index contributed by atoms with van der Waals surface area (Å²) < 4.78 is 0. The summed E-state index contributed by atoms with van der Waals surface area (Å²) >= 11 is 0. The predicted molar refractivity (Wildman–Crippen MR) is 110 cm³/mol. The van der Waals surface area contributed by atoms with Gasteiger partial charge in [0.05, 0.1) is 11.4 Å². The van der Waals surface area contributed by atoms with Crippen LogP contribution in [0, 0.1) is 13.8 Å². The lowest BCUT2D eigenvalue weighted by Gasteiger charge is -2.42. The van der Waals surface area contributed by atoms with E-state index in [0.717, 1.165) is 11.1 Å². The molecule has 1 aliphatic heterocycles. The topological polar surface area (TPSA) is 58.4 Å². The molecule has 2 aromatic rings. The van der Waals surface area contributed by atoms with Gasteiger partial charge in [-0.2, -0.15) is 0 Å². The number of carbonyl (C=O) groups is 1. The van der Waals surface area contributed by atoms with Crippen LogP contribution in [-0.2, 0) is 0 Å².